The summed E-state index contributed by atoms with van der Waals surface area (Å²) in [5, 5.41) is 0. The van der Waals surface area contributed by atoms with Crippen molar-refractivity contribution in [1.82, 2.24) is 4.90 Å². The van der Waals surface area contributed by atoms with Crippen molar-refractivity contribution in [3.63, 3.8) is 0 Å². The zero-order valence-corrected chi connectivity index (χ0v) is 8.88. The average molecular weight is 183 g/mol. The molecule has 13 heavy (non-hydrogen) atoms. The van der Waals surface area contributed by atoms with Crippen LogP contribution in [0.2, 0.25) is 0 Å². The molecule has 1 spiro atoms. The third-order valence-corrected chi connectivity index (χ3v) is 3.61. The summed E-state index contributed by atoms with van der Waals surface area (Å²) >= 11 is 0. The van der Waals surface area contributed by atoms with E-state index in [-0.39, 0.29) is 0 Å². The van der Waals surface area contributed by atoms with Crippen molar-refractivity contribution < 1.29 is 4.74 Å². The van der Waals surface area contributed by atoms with E-state index in [1.165, 1.54) is 32.2 Å². The molecule has 0 amide bonds. The van der Waals surface area contributed by atoms with Gasteiger partial charge >= 0.3 is 0 Å². The van der Waals surface area contributed by atoms with Crippen LogP contribution in [0.3, 0.4) is 0 Å². The number of rotatable bonds is 1. The van der Waals surface area contributed by atoms with E-state index in [1.807, 2.05) is 0 Å². The maximum atomic E-state index is 5.58. The van der Waals surface area contributed by atoms with Crippen molar-refractivity contribution in [3.05, 3.63) is 0 Å². The first kappa shape index (κ1) is 9.47. The van der Waals surface area contributed by atoms with Gasteiger partial charge in [-0.15, -0.1) is 0 Å². The Morgan fingerprint density at radius 3 is 2.69 bits per heavy atom. The Hall–Kier alpha value is -0.0800. The van der Waals surface area contributed by atoms with Crippen molar-refractivity contribution in [2.45, 2.75) is 51.1 Å². The van der Waals surface area contributed by atoms with Crippen LogP contribution in [0.5, 0.6) is 0 Å². The van der Waals surface area contributed by atoms with Gasteiger partial charge in [-0.05, 0) is 39.7 Å². The predicted octanol–water partition coefficient (Wildman–Crippen LogP) is 2.04. The van der Waals surface area contributed by atoms with Gasteiger partial charge in [0.2, 0.25) is 0 Å². The fraction of sp³-hybridized carbons (Fsp3) is 1.00. The molecule has 0 N–H and O–H groups in total. The maximum absolute atomic E-state index is 5.58. The van der Waals surface area contributed by atoms with Crippen LogP contribution in [0.25, 0.3) is 0 Å². The first-order chi connectivity index (χ1) is 6.25. The van der Waals surface area contributed by atoms with Gasteiger partial charge in [0.05, 0.1) is 6.61 Å². The summed E-state index contributed by atoms with van der Waals surface area (Å²) in [5.41, 5.74) is 0.423. The summed E-state index contributed by atoms with van der Waals surface area (Å²) in [6.45, 7) is 7.85. The normalized spacial score (nSPS) is 36.2. The Labute approximate surface area is 81.3 Å². The van der Waals surface area contributed by atoms with Gasteiger partial charge in [-0.2, -0.15) is 0 Å². The van der Waals surface area contributed by atoms with Crippen LogP contribution in [-0.2, 0) is 4.74 Å². The molecule has 0 aromatic heterocycles. The number of hydrogen-bond acceptors (Lipinski definition) is 2. The van der Waals surface area contributed by atoms with Crippen molar-refractivity contribution in [2.75, 3.05) is 19.8 Å². The van der Waals surface area contributed by atoms with E-state index in [9.17, 15) is 0 Å². The van der Waals surface area contributed by atoms with Crippen LogP contribution in [-0.4, -0.2) is 36.2 Å². The lowest BCUT2D eigenvalue weighted by Crippen LogP contribution is -2.55. The molecule has 2 saturated heterocycles. The molecule has 2 aliphatic heterocycles. The molecule has 2 aliphatic rings. The Bertz CT molecular complexity index is 173. The van der Waals surface area contributed by atoms with Crippen molar-refractivity contribution in [1.29, 1.82) is 0 Å². The van der Waals surface area contributed by atoms with Crippen molar-refractivity contribution in [2.24, 2.45) is 0 Å². The molecule has 2 fully saturated rings. The van der Waals surface area contributed by atoms with Crippen LogP contribution >= 0.6 is 0 Å². The second-order valence-electron chi connectivity index (χ2n) is 4.77. The SMILES string of the molecule is CC(C)N1CCCC[C@@]12CCOC2. The van der Waals surface area contributed by atoms with E-state index in [1.54, 1.807) is 0 Å². The summed E-state index contributed by atoms with van der Waals surface area (Å²) in [5.74, 6) is 0. The van der Waals surface area contributed by atoms with E-state index in [2.05, 4.69) is 18.7 Å². The number of likely N-dealkylation sites (tertiary alicyclic amines) is 1. The molecule has 0 radical (unpaired) electrons. The van der Waals surface area contributed by atoms with Crippen LogP contribution < -0.4 is 0 Å². The second-order valence-corrected chi connectivity index (χ2v) is 4.77. The highest BCUT2D eigenvalue weighted by Crippen LogP contribution is 2.36. The highest BCUT2D eigenvalue weighted by Gasteiger charge is 2.42. The molecule has 2 rings (SSSR count). The smallest absolute Gasteiger partial charge is 0.0651 e. The number of hydrogen-bond donors (Lipinski definition) is 0. The lowest BCUT2D eigenvalue weighted by molar-refractivity contribution is 0.0103. The minimum atomic E-state index is 0.423. The molecule has 0 bridgehead atoms. The van der Waals surface area contributed by atoms with Gasteiger partial charge in [-0.3, -0.25) is 4.90 Å². The molecule has 0 saturated carbocycles. The minimum Gasteiger partial charge on any atom is -0.379 e. The largest absolute Gasteiger partial charge is 0.379 e. The molecular weight excluding hydrogens is 162 g/mol. The quantitative estimate of drug-likeness (QED) is 0.617. The van der Waals surface area contributed by atoms with Crippen LogP contribution in [0.4, 0.5) is 0 Å². The third-order valence-electron chi connectivity index (χ3n) is 3.61. The maximum Gasteiger partial charge on any atom is 0.0651 e. The Morgan fingerprint density at radius 2 is 2.08 bits per heavy atom. The summed E-state index contributed by atoms with van der Waals surface area (Å²) < 4.78 is 5.58. The molecular formula is C11H21NO. The van der Waals surface area contributed by atoms with E-state index < -0.39 is 0 Å². The van der Waals surface area contributed by atoms with E-state index in [4.69, 9.17) is 4.74 Å². The molecule has 2 heteroatoms. The van der Waals surface area contributed by atoms with Crippen molar-refractivity contribution >= 4 is 0 Å². The van der Waals surface area contributed by atoms with Gasteiger partial charge in [0.1, 0.15) is 0 Å². The van der Waals surface area contributed by atoms with Gasteiger partial charge in [0, 0.05) is 18.2 Å². The van der Waals surface area contributed by atoms with Crippen molar-refractivity contribution in [3.8, 4) is 0 Å². The first-order valence-electron chi connectivity index (χ1n) is 5.59. The fourth-order valence-corrected chi connectivity index (χ4v) is 2.94. The summed E-state index contributed by atoms with van der Waals surface area (Å²) in [6, 6.07) is 0.682. The first-order valence-corrected chi connectivity index (χ1v) is 5.59. The molecule has 76 valence electrons. The summed E-state index contributed by atoms with van der Waals surface area (Å²) in [4.78, 5) is 2.67. The van der Waals surface area contributed by atoms with Gasteiger partial charge in [0.15, 0.2) is 0 Å². The monoisotopic (exact) mass is 183 g/mol. The van der Waals surface area contributed by atoms with Gasteiger partial charge in [-0.25, -0.2) is 0 Å². The number of ether oxygens (including phenoxy) is 1. The lowest BCUT2D eigenvalue weighted by Gasteiger charge is -2.46. The fourth-order valence-electron chi connectivity index (χ4n) is 2.94. The Kier molecular flexibility index (Phi) is 2.61. The molecule has 0 aromatic rings. The lowest BCUT2D eigenvalue weighted by atomic mass is 9.85. The topological polar surface area (TPSA) is 12.5 Å². The minimum absolute atomic E-state index is 0.423. The zero-order chi connectivity index (χ0) is 9.31. The van der Waals surface area contributed by atoms with Gasteiger partial charge in [0.25, 0.3) is 0 Å². The number of nitrogens with zero attached hydrogens (tertiary/aromatic N) is 1. The summed E-state index contributed by atoms with van der Waals surface area (Å²) in [6.07, 6.45) is 5.38. The average Bonchev–Trinajstić information content (AvgIpc) is 2.54. The highest BCUT2D eigenvalue weighted by atomic mass is 16.5. The van der Waals surface area contributed by atoms with Crippen LogP contribution in [0.15, 0.2) is 0 Å². The molecule has 2 heterocycles. The van der Waals surface area contributed by atoms with Crippen LogP contribution in [0, 0.1) is 0 Å². The standard InChI is InChI=1S/C11H21NO/c1-10(2)12-7-4-3-5-11(12)6-8-13-9-11/h10H,3-9H2,1-2H3/t11-/m0/s1. The second kappa shape index (κ2) is 3.58. The molecule has 0 unspecified atom stereocenters. The van der Waals surface area contributed by atoms with E-state index in [0.29, 0.717) is 11.6 Å². The van der Waals surface area contributed by atoms with Gasteiger partial charge in [-0.1, -0.05) is 6.42 Å². The van der Waals surface area contributed by atoms with E-state index >= 15 is 0 Å². The Morgan fingerprint density at radius 1 is 1.23 bits per heavy atom. The predicted molar refractivity (Wildman–Crippen MR) is 53.9 cm³/mol. The molecule has 1 atom stereocenters. The van der Waals surface area contributed by atoms with Gasteiger partial charge < -0.3 is 4.74 Å². The molecule has 2 nitrogen and oxygen atoms in total. The molecule has 0 aromatic carbocycles. The highest BCUT2D eigenvalue weighted by molar-refractivity contribution is 4.97. The van der Waals surface area contributed by atoms with E-state index in [0.717, 1.165) is 13.2 Å². The number of piperidine rings is 1. The molecule has 0 aliphatic carbocycles. The summed E-state index contributed by atoms with van der Waals surface area (Å²) in [7, 11) is 0. The van der Waals surface area contributed by atoms with Crippen LogP contribution in [0.1, 0.15) is 39.5 Å². The third kappa shape index (κ3) is 1.62. The zero-order valence-electron chi connectivity index (χ0n) is 8.88. The Balaban J connectivity index is 2.12.